The minimum atomic E-state index is -0.411. The Bertz CT molecular complexity index is 1220. The maximum absolute atomic E-state index is 14.6. The summed E-state index contributed by atoms with van der Waals surface area (Å²) in [6.07, 6.45) is 4.14. The Morgan fingerprint density at radius 1 is 1.03 bits per heavy atom. The molecule has 0 bridgehead atoms. The average Bonchev–Trinajstić information content (AvgIpc) is 3.18. The summed E-state index contributed by atoms with van der Waals surface area (Å²) in [5.41, 5.74) is 5.03. The normalized spacial score (nSPS) is 10.8. The molecule has 0 atom stereocenters. The SMILES string of the molecule is Cc1cccc(CCC(=O)Nc2onc(-c3cc(C)ccc3F)c2-c2ccncc2)c1. The fraction of sp³-hybridized carbons (Fsp3) is 0.160. The van der Waals surface area contributed by atoms with Crippen LogP contribution in [-0.2, 0) is 11.2 Å². The number of carbonyl (C=O) groups excluding carboxylic acids is 1. The number of rotatable bonds is 6. The van der Waals surface area contributed by atoms with Gasteiger partial charge in [0.2, 0.25) is 11.8 Å². The van der Waals surface area contributed by atoms with Gasteiger partial charge in [0.05, 0.1) is 5.56 Å². The number of aromatic nitrogens is 2. The van der Waals surface area contributed by atoms with Crippen LogP contribution in [-0.4, -0.2) is 16.0 Å². The molecule has 5 nitrogen and oxygen atoms in total. The first kappa shape index (κ1) is 20.5. The Morgan fingerprint density at radius 2 is 1.81 bits per heavy atom. The molecule has 2 aromatic heterocycles. The maximum atomic E-state index is 14.6. The lowest BCUT2D eigenvalue weighted by Gasteiger charge is -2.08. The van der Waals surface area contributed by atoms with E-state index in [-0.39, 0.29) is 18.2 Å². The topological polar surface area (TPSA) is 68.0 Å². The number of nitrogens with zero attached hydrogens (tertiary/aromatic N) is 2. The van der Waals surface area contributed by atoms with Gasteiger partial charge in [0.25, 0.3) is 0 Å². The van der Waals surface area contributed by atoms with Gasteiger partial charge in [-0.2, -0.15) is 0 Å². The van der Waals surface area contributed by atoms with Crippen molar-refractivity contribution in [2.75, 3.05) is 5.32 Å². The monoisotopic (exact) mass is 415 g/mol. The Labute approximate surface area is 179 Å². The van der Waals surface area contributed by atoms with Crippen molar-refractivity contribution in [1.29, 1.82) is 0 Å². The van der Waals surface area contributed by atoms with Crippen molar-refractivity contribution in [3.8, 4) is 22.4 Å². The van der Waals surface area contributed by atoms with E-state index in [0.717, 1.165) is 22.3 Å². The number of nitrogens with one attached hydrogen (secondary N) is 1. The molecule has 0 spiro atoms. The Balaban J connectivity index is 1.64. The summed E-state index contributed by atoms with van der Waals surface area (Å²) in [5, 5.41) is 6.90. The van der Waals surface area contributed by atoms with Crippen molar-refractivity contribution in [3.63, 3.8) is 0 Å². The third-order valence-electron chi connectivity index (χ3n) is 5.01. The molecule has 2 heterocycles. The maximum Gasteiger partial charge on any atom is 0.239 e. The largest absolute Gasteiger partial charge is 0.337 e. The van der Waals surface area contributed by atoms with E-state index in [9.17, 15) is 9.18 Å². The van der Waals surface area contributed by atoms with Crippen molar-refractivity contribution in [3.05, 3.63) is 89.5 Å². The van der Waals surface area contributed by atoms with Gasteiger partial charge in [-0.1, -0.05) is 46.6 Å². The number of halogens is 1. The third kappa shape index (κ3) is 4.69. The van der Waals surface area contributed by atoms with Crippen molar-refractivity contribution in [2.24, 2.45) is 0 Å². The van der Waals surface area contributed by atoms with Gasteiger partial charge in [-0.3, -0.25) is 15.1 Å². The summed E-state index contributed by atoms with van der Waals surface area (Å²) in [6.45, 7) is 3.90. The van der Waals surface area contributed by atoms with E-state index >= 15 is 0 Å². The molecule has 2 aromatic carbocycles. The lowest BCUT2D eigenvalue weighted by Crippen LogP contribution is -2.12. The lowest BCUT2D eigenvalue weighted by molar-refractivity contribution is -0.116. The highest BCUT2D eigenvalue weighted by molar-refractivity contribution is 5.97. The molecule has 6 heteroatoms. The van der Waals surface area contributed by atoms with Crippen LogP contribution in [0.15, 0.2) is 71.5 Å². The molecule has 0 aliphatic heterocycles. The average molecular weight is 415 g/mol. The van der Waals surface area contributed by atoms with Crippen LogP contribution in [0.5, 0.6) is 0 Å². The number of pyridine rings is 1. The molecule has 156 valence electrons. The van der Waals surface area contributed by atoms with Crippen LogP contribution in [0.2, 0.25) is 0 Å². The quantitative estimate of drug-likeness (QED) is 0.437. The van der Waals surface area contributed by atoms with E-state index in [1.54, 1.807) is 36.7 Å². The van der Waals surface area contributed by atoms with Crippen molar-refractivity contribution in [1.82, 2.24) is 10.1 Å². The van der Waals surface area contributed by atoms with E-state index < -0.39 is 5.82 Å². The highest BCUT2D eigenvalue weighted by Crippen LogP contribution is 2.38. The molecule has 1 amide bonds. The zero-order valence-corrected chi connectivity index (χ0v) is 17.4. The highest BCUT2D eigenvalue weighted by Gasteiger charge is 2.23. The van der Waals surface area contributed by atoms with Gasteiger partial charge in [-0.15, -0.1) is 0 Å². The third-order valence-corrected chi connectivity index (χ3v) is 5.01. The fourth-order valence-electron chi connectivity index (χ4n) is 3.48. The number of hydrogen-bond acceptors (Lipinski definition) is 4. The molecule has 0 unspecified atom stereocenters. The molecule has 0 saturated carbocycles. The summed E-state index contributed by atoms with van der Waals surface area (Å²) in [5.74, 6) is -0.424. The standard InChI is InChI=1S/C25H22FN3O2/c1-16-4-3-5-18(14-16)7-9-22(30)28-25-23(19-10-12-27-13-11-19)24(29-31-25)20-15-17(2)6-8-21(20)26/h3-6,8,10-15H,7,9H2,1-2H3,(H,28,30). The van der Waals surface area contributed by atoms with Gasteiger partial charge in [-0.25, -0.2) is 4.39 Å². The van der Waals surface area contributed by atoms with Crippen molar-refractivity contribution in [2.45, 2.75) is 26.7 Å². The Hall–Kier alpha value is -3.80. The molecule has 31 heavy (non-hydrogen) atoms. The van der Waals surface area contributed by atoms with Gasteiger partial charge in [0.15, 0.2) is 0 Å². The second-order valence-corrected chi connectivity index (χ2v) is 7.49. The summed E-state index contributed by atoms with van der Waals surface area (Å²) in [7, 11) is 0. The van der Waals surface area contributed by atoms with E-state index in [1.165, 1.54) is 6.07 Å². The summed E-state index contributed by atoms with van der Waals surface area (Å²) in [4.78, 5) is 16.7. The number of benzene rings is 2. The van der Waals surface area contributed by atoms with Crippen LogP contribution < -0.4 is 5.32 Å². The van der Waals surface area contributed by atoms with Crippen LogP contribution in [0.25, 0.3) is 22.4 Å². The van der Waals surface area contributed by atoms with Crippen LogP contribution >= 0.6 is 0 Å². The first-order valence-corrected chi connectivity index (χ1v) is 10.0. The predicted octanol–water partition coefficient (Wildman–Crippen LogP) is 5.73. The van der Waals surface area contributed by atoms with Crippen LogP contribution in [0.3, 0.4) is 0 Å². The lowest BCUT2D eigenvalue weighted by atomic mass is 10.00. The van der Waals surface area contributed by atoms with E-state index in [0.29, 0.717) is 23.2 Å². The minimum absolute atomic E-state index is 0.191. The van der Waals surface area contributed by atoms with E-state index in [1.807, 2.05) is 32.0 Å². The zero-order valence-electron chi connectivity index (χ0n) is 17.4. The Kier molecular flexibility index (Phi) is 5.89. The van der Waals surface area contributed by atoms with E-state index in [4.69, 9.17) is 4.52 Å². The van der Waals surface area contributed by atoms with Crippen LogP contribution in [0.4, 0.5) is 10.3 Å². The van der Waals surface area contributed by atoms with E-state index in [2.05, 4.69) is 21.5 Å². The summed E-state index contributed by atoms with van der Waals surface area (Å²) in [6, 6.07) is 16.4. The molecule has 4 rings (SSSR count). The highest BCUT2D eigenvalue weighted by atomic mass is 19.1. The molecule has 0 fully saturated rings. The molecular formula is C25H22FN3O2. The second-order valence-electron chi connectivity index (χ2n) is 7.49. The minimum Gasteiger partial charge on any atom is -0.337 e. The predicted molar refractivity (Wildman–Crippen MR) is 118 cm³/mol. The number of hydrogen-bond donors (Lipinski definition) is 1. The van der Waals surface area contributed by atoms with Gasteiger partial charge < -0.3 is 4.52 Å². The number of aryl methyl sites for hydroxylation is 3. The fourth-order valence-corrected chi connectivity index (χ4v) is 3.48. The molecule has 0 saturated heterocycles. The van der Waals surface area contributed by atoms with Crippen molar-refractivity contribution < 1.29 is 13.7 Å². The first-order valence-electron chi connectivity index (χ1n) is 10.0. The van der Waals surface area contributed by atoms with Gasteiger partial charge in [0.1, 0.15) is 11.5 Å². The number of anilines is 1. The Morgan fingerprint density at radius 3 is 2.58 bits per heavy atom. The molecule has 0 radical (unpaired) electrons. The summed E-state index contributed by atoms with van der Waals surface area (Å²) >= 11 is 0. The smallest absolute Gasteiger partial charge is 0.239 e. The van der Waals surface area contributed by atoms with Gasteiger partial charge in [-0.05, 0) is 55.7 Å². The van der Waals surface area contributed by atoms with Gasteiger partial charge >= 0.3 is 0 Å². The first-order chi connectivity index (χ1) is 15.0. The van der Waals surface area contributed by atoms with Crippen LogP contribution in [0.1, 0.15) is 23.1 Å². The number of carbonyl (C=O) groups is 1. The zero-order chi connectivity index (χ0) is 21.8. The molecule has 0 aliphatic rings. The van der Waals surface area contributed by atoms with Crippen molar-refractivity contribution >= 4 is 11.8 Å². The molecule has 1 N–H and O–H groups in total. The number of amides is 1. The summed E-state index contributed by atoms with van der Waals surface area (Å²) < 4.78 is 20.1. The van der Waals surface area contributed by atoms with Crippen LogP contribution in [0, 0.1) is 19.7 Å². The van der Waals surface area contributed by atoms with Gasteiger partial charge in [0, 0.05) is 24.4 Å². The molecule has 4 aromatic rings. The molecule has 0 aliphatic carbocycles. The molecular weight excluding hydrogens is 393 g/mol. The second kappa shape index (κ2) is 8.92.